The van der Waals surface area contributed by atoms with Crippen LogP contribution < -0.4 is 5.32 Å². The molecule has 156 valence electrons. The molecular formula is C21H21ClN4O3S. The van der Waals surface area contributed by atoms with Gasteiger partial charge >= 0.3 is 0 Å². The standard InChI is InChI=1S/C21H21ClN4O3S/c1-3-26(4-2)30(28,29)17-10-11-18(22)19(12-17)25-21(27)16-13-23-20(24-14-16)15-8-6-5-7-9-15/h5-14H,3-4H2,1-2H3,(H,25,27). The summed E-state index contributed by atoms with van der Waals surface area (Å²) in [5, 5.41) is 2.86. The molecule has 0 unspecified atom stereocenters. The van der Waals surface area contributed by atoms with Crippen LogP contribution in [0.25, 0.3) is 11.4 Å². The van der Waals surface area contributed by atoms with Crippen LogP contribution >= 0.6 is 11.6 Å². The number of carbonyl (C=O) groups excluding carboxylic acids is 1. The molecule has 0 aliphatic rings. The Kier molecular flexibility index (Phi) is 6.81. The van der Waals surface area contributed by atoms with Gasteiger partial charge in [0.25, 0.3) is 5.91 Å². The van der Waals surface area contributed by atoms with Gasteiger partial charge in [-0.15, -0.1) is 0 Å². The van der Waals surface area contributed by atoms with Crippen molar-refractivity contribution in [3.63, 3.8) is 0 Å². The van der Waals surface area contributed by atoms with E-state index in [4.69, 9.17) is 11.6 Å². The molecule has 0 atom stereocenters. The molecule has 0 saturated carbocycles. The molecule has 3 rings (SSSR count). The smallest absolute Gasteiger partial charge is 0.258 e. The molecular weight excluding hydrogens is 424 g/mol. The van der Waals surface area contributed by atoms with Crippen LogP contribution in [0, 0.1) is 0 Å². The predicted octanol–water partition coefficient (Wildman–Crippen LogP) is 4.08. The van der Waals surface area contributed by atoms with Crippen molar-refractivity contribution in [2.75, 3.05) is 18.4 Å². The van der Waals surface area contributed by atoms with Gasteiger partial charge in [0.2, 0.25) is 10.0 Å². The van der Waals surface area contributed by atoms with E-state index in [1.165, 1.54) is 34.9 Å². The van der Waals surface area contributed by atoms with E-state index >= 15 is 0 Å². The highest BCUT2D eigenvalue weighted by molar-refractivity contribution is 7.89. The van der Waals surface area contributed by atoms with E-state index < -0.39 is 15.9 Å². The minimum atomic E-state index is -3.68. The van der Waals surface area contributed by atoms with Gasteiger partial charge in [-0.05, 0) is 18.2 Å². The molecule has 0 saturated heterocycles. The molecule has 0 bridgehead atoms. The number of benzene rings is 2. The fraction of sp³-hybridized carbons (Fsp3) is 0.190. The molecule has 1 aromatic heterocycles. The highest BCUT2D eigenvalue weighted by Gasteiger charge is 2.23. The molecule has 1 N–H and O–H groups in total. The molecule has 0 radical (unpaired) electrons. The molecule has 0 aliphatic heterocycles. The van der Waals surface area contributed by atoms with Crippen LogP contribution in [-0.2, 0) is 10.0 Å². The van der Waals surface area contributed by atoms with Gasteiger partial charge in [-0.1, -0.05) is 55.8 Å². The Labute approximate surface area is 180 Å². The van der Waals surface area contributed by atoms with Gasteiger partial charge < -0.3 is 5.32 Å². The van der Waals surface area contributed by atoms with Gasteiger partial charge in [0, 0.05) is 31.0 Å². The van der Waals surface area contributed by atoms with Gasteiger partial charge in [-0.2, -0.15) is 4.31 Å². The number of amides is 1. The second-order valence-electron chi connectivity index (χ2n) is 6.35. The maximum absolute atomic E-state index is 12.7. The fourth-order valence-corrected chi connectivity index (χ4v) is 4.50. The third kappa shape index (κ3) is 4.67. The van der Waals surface area contributed by atoms with E-state index in [2.05, 4.69) is 15.3 Å². The summed E-state index contributed by atoms with van der Waals surface area (Å²) in [6.45, 7) is 4.21. The summed E-state index contributed by atoms with van der Waals surface area (Å²) < 4.78 is 26.8. The SMILES string of the molecule is CCN(CC)S(=O)(=O)c1ccc(Cl)c(NC(=O)c2cnc(-c3ccccc3)nc2)c1. The molecule has 30 heavy (non-hydrogen) atoms. The predicted molar refractivity (Wildman–Crippen MR) is 117 cm³/mol. The first-order chi connectivity index (χ1) is 14.4. The Hall–Kier alpha value is -2.81. The third-order valence-corrected chi connectivity index (χ3v) is 6.85. The van der Waals surface area contributed by atoms with Gasteiger partial charge in [0.15, 0.2) is 5.82 Å². The first-order valence-corrected chi connectivity index (χ1v) is 11.2. The molecule has 1 heterocycles. The van der Waals surface area contributed by atoms with Gasteiger partial charge in [-0.3, -0.25) is 4.79 Å². The van der Waals surface area contributed by atoms with E-state index in [-0.39, 0.29) is 21.2 Å². The highest BCUT2D eigenvalue weighted by atomic mass is 35.5. The lowest BCUT2D eigenvalue weighted by atomic mass is 10.2. The molecule has 0 spiro atoms. The first-order valence-electron chi connectivity index (χ1n) is 9.35. The Balaban J connectivity index is 1.83. The number of aromatic nitrogens is 2. The number of sulfonamides is 1. The molecule has 2 aromatic carbocycles. The second-order valence-corrected chi connectivity index (χ2v) is 8.69. The van der Waals surface area contributed by atoms with Crippen molar-refractivity contribution in [2.24, 2.45) is 0 Å². The normalized spacial score (nSPS) is 11.5. The van der Waals surface area contributed by atoms with Crippen LogP contribution in [0.3, 0.4) is 0 Å². The fourth-order valence-electron chi connectivity index (χ4n) is 2.85. The van der Waals surface area contributed by atoms with Crippen LogP contribution in [0.5, 0.6) is 0 Å². The van der Waals surface area contributed by atoms with Crippen LogP contribution in [0.2, 0.25) is 5.02 Å². The van der Waals surface area contributed by atoms with Gasteiger partial charge in [0.1, 0.15) is 0 Å². The lowest BCUT2D eigenvalue weighted by Gasteiger charge is -2.19. The monoisotopic (exact) mass is 444 g/mol. The lowest BCUT2D eigenvalue weighted by Crippen LogP contribution is -2.30. The van der Waals surface area contributed by atoms with Gasteiger partial charge in [-0.25, -0.2) is 18.4 Å². The highest BCUT2D eigenvalue weighted by Crippen LogP contribution is 2.27. The number of anilines is 1. The third-order valence-electron chi connectivity index (χ3n) is 4.48. The van der Waals surface area contributed by atoms with E-state index in [1.54, 1.807) is 13.8 Å². The summed E-state index contributed by atoms with van der Waals surface area (Å²) >= 11 is 6.18. The maximum Gasteiger partial charge on any atom is 0.258 e. The quantitative estimate of drug-likeness (QED) is 0.592. The van der Waals surface area contributed by atoms with Crippen LogP contribution in [0.1, 0.15) is 24.2 Å². The summed E-state index contributed by atoms with van der Waals surface area (Å²) in [7, 11) is -3.68. The minimum absolute atomic E-state index is 0.0570. The summed E-state index contributed by atoms with van der Waals surface area (Å²) in [5.74, 6) is 0.00592. The Bertz CT molecular complexity index is 1130. The average Bonchev–Trinajstić information content (AvgIpc) is 2.76. The topological polar surface area (TPSA) is 92.3 Å². The zero-order valence-corrected chi connectivity index (χ0v) is 18.1. The Morgan fingerprint density at radius 2 is 1.67 bits per heavy atom. The maximum atomic E-state index is 12.7. The van der Waals surface area contributed by atoms with Crippen LogP contribution in [-0.4, -0.2) is 41.7 Å². The van der Waals surface area contributed by atoms with E-state index in [0.717, 1.165) is 5.56 Å². The number of rotatable bonds is 7. The van der Waals surface area contributed by atoms with Crippen molar-refractivity contribution >= 4 is 33.2 Å². The summed E-state index contributed by atoms with van der Waals surface area (Å²) in [4.78, 5) is 21.1. The van der Waals surface area contributed by atoms with Crippen LogP contribution in [0.15, 0.2) is 65.8 Å². The zero-order valence-electron chi connectivity index (χ0n) is 16.5. The van der Waals surface area contributed by atoms with E-state index in [9.17, 15) is 13.2 Å². The van der Waals surface area contributed by atoms with Crippen molar-refractivity contribution in [3.8, 4) is 11.4 Å². The number of nitrogens with zero attached hydrogens (tertiary/aromatic N) is 3. The average molecular weight is 445 g/mol. The van der Waals surface area contributed by atoms with Crippen molar-refractivity contribution in [1.82, 2.24) is 14.3 Å². The molecule has 0 aliphatic carbocycles. The first kappa shape index (κ1) is 21.9. The Morgan fingerprint density at radius 1 is 1.03 bits per heavy atom. The zero-order chi connectivity index (χ0) is 21.7. The summed E-state index contributed by atoms with van der Waals surface area (Å²) in [5.41, 5.74) is 1.26. The van der Waals surface area contributed by atoms with Crippen molar-refractivity contribution < 1.29 is 13.2 Å². The molecule has 9 heteroatoms. The van der Waals surface area contributed by atoms with E-state index in [0.29, 0.717) is 18.9 Å². The van der Waals surface area contributed by atoms with Crippen molar-refractivity contribution in [1.29, 1.82) is 0 Å². The van der Waals surface area contributed by atoms with E-state index in [1.807, 2.05) is 30.3 Å². The van der Waals surface area contributed by atoms with Crippen LogP contribution in [0.4, 0.5) is 5.69 Å². The molecule has 1 amide bonds. The number of hydrogen-bond donors (Lipinski definition) is 1. The largest absolute Gasteiger partial charge is 0.320 e. The molecule has 3 aromatic rings. The van der Waals surface area contributed by atoms with Crippen molar-refractivity contribution in [3.05, 3.63) is 71.5 Å². The number of hydrogen-bond acceptors (Lipinski definition) is 5. The number of halogens is 1. The Morgan fingerprint density at radius 3 is 2.27 bits per heavy atom. The summed E-state index contributed by atoms with van der Waals surface area (Å²) in [6, 6.07) is 13.6. The molecule has 7 nitrogen and oxygen atoms in total. The minimum Gasteiger partial charge on any atom is -0.320 e. The van der Waals surface area contributed by atoms with Crippen molar-refractivity contribution in [2.45, 2.75) is 18.7 Å². The molecule has 0 fully saturated rings. The van der Waals surface area contributed by atoms with Gasteiger partial charge in [0.05, 0.1) is 21.2 Å². The summed E-state index contributed by atoms with van der Waals surface area (Å²) in [6.07, 6.45) is 2.82. The number of carbonyl (C=O) groups is 1. The second kappa shape index (κ2) is 9.34. The number of nitrogens with one attached hydrogen (secondary N) is 1. The lowest BCUT2D eigenvalue weighted by molar-refractivity contribution is 0.102.